The largest absolute Gasteiger partial charge is 0.471 e. The summed E-state index contributed by atoms with van der Waals surface area (Å²) in [5.74, 6) is -2.17. The molecule has 2 N–H and O–H groups in total. The van der Waals surface area contributed by atoms with Crippen LogP contribution in [0.5, 0.6) is 0 Å². The highest BCUT2D eigenvalue weighted by Gasteiger charge is 2.39. The number of nitrogens with zero attached hydrogens (tertiary/aromatic N) is 2. The van der Waals surface area contributed by atoms with Gasteiger partial charge < -0.3 is 10.3 Å². The van der Waals surface area contributed by atoms with Crippen molar-refractivity contribution in [1.29, 1.82) is 0 Å². The molecule has 0 saturated heterocycles. The topological polar surface area (TPSA) is 64.9 Å². The van der Waals surface area contributed by atoms with Crippen molar-refractivity contribution in [1.82, 2.24) is 10.1 Å². The van der Waals surface area contributed by atoms with Crippen molar-refractivity contribution in [3.8, 4) is 0 Å². The number of alkyl halides is 6. The van der Waals surface area contributed by atoms with Crippen LogP contribution in [0.1, 0.15) is 28.9 Å². The molecule has 0 aliphatic rings. The van der Waals surface area contributed by atoms with Crippen molar-refractivity contribution in [2.75, 3.05) is 0 Å². The summed E-state index contributed by atoms with van der Waals surface area (Å²) in [5, 5.41) is 3.04. The molecule has 114 valence electrons. The maximum Gasteiger partial charge on any atom is 0.471 e. The van der Waals surface area contributed by atoms with Gasteiger partial charge in [0.1, 0.15) is 0 Å². The first kappa shape index (κ1) is 15.3. The molecule has 0 aliphatic carbocycles. The summed E-state index contributed by atoms with van der Waals surface area (Å²) >= 11 is 0. The van der Waals surface area contributed by atoms with Crippen LogP contribution < -0.4 is 5.73 Å². The second-order valence-corrected chi connectivity index (χ2v) is 4.06. The lowest BCUT2D eigenvalue weighted by Gasteiger charge is -2.11. The van der Waals surface area contributed by atoms with Crippen LogP contribution in [0.2, 0.25) is 0 Å². The molecule has 1 aromatic heterocycles. The van der Waals surface area contributed by atoms with Gasteiger partial charge in [0.2, 0.25) is 0 Å². The third-order valence-corrected chi connectivity index (χ3v) is 2.54. The van der Waals surface area contributed by atoms with Crippen LogP contribution in [-0.2, 0) is 12.4 Å². The Morgan fingerprint density at radius 2 is 1.71 bits per heavy atom. The van der Waals surface area contributed by atoms with E-state index >= 15 is 0 Å². The lowest BCUT2D eigenvalue weighted by molar-refractivity contribution is -0.159. The van der Waals surface area contributed by atoms with E-state index in [0.717, 1.165) is 12.1 Å². The van der Waals surface area contributed by atoms with Crippen molar-refractivity contribution < 1.29 is 30.9 Å². The molecule has 1 aromatic carbocycles. The zero-order valence-electron chi connectivity index (χ0n) is 10.0. The Balaban J connectivity index is 2.32. The summed E-state index contributed by atoms with van der Waals surface area (Å²) in [7, 11) is 0. The summed E-state index contributed by atoms with van der Waals surface area (Å²) in [6, 6.07) is 2.47. The van der Waals surface area contributed by atoms with Gasteiger partial charge >= 0.3 is 18.2 Å². The standard InChI is InChI=1S/C11H7F6N3O/c12-10(13,14)6-3-1-2-5(4-6)7(18)8-19-9(21-20-8)11(15,16)17/h1-4,7H,18H2. The van der Waals surface area contributed by atoms with Gasteiger partial charge in [-0.15, -0.1) is 0 Å². The van der Waals surface area contributed by atoms with Crippen LogP contribution >= 0.6 is 0 Å². The zero-order chi connectivity index (χ0) is 15.8. The first-order chi connectivity index (χ1) is 9.59. The third-order valence-electron chi connectivity index (χ3n) is 2.54. The number of hydrogen-bond acceptors (Lipinski definition) is 4. The Bertz CT molecular complexity index is 633. The molecule has 2 aromatic rings. The van der Waals surface area contributed by atoms with Gasteiger partial charge in [0, 0.05) is 0 Å². The minimum Gasteiger partial charge on any atom is -0.329 e. The van der Waals surface area contributed by atoms with E-state index in [1.807, 2.05) is 0 Å². The molecule has 10 heteroatoms. The normalized spacial score (nSPS) is 14.2. The number of rotatable bonds is 2. The second kappa shape index (κ2) is 5.02. The molecular formula is C11H7F6N3O. The monoisotopic (exact) mass is 311 g/mol. The highest BCUT2D eigenvalue weighted by atomic mass is 19.4. The summed E-state index contributed by atoms with van der Waals surface area (Å²) in [5.41, 5.74) is 4.50. The smallest absolute Gasteiger partial charge is 0.329 e. The maximum atomic E-state index is 12.6. The van der Waals surface area contributed by atoms with Crippen LogP contribution in [0.25, 0.3) is 0 Å². The van der Waals surface area contributed by atoms with Crippen LogP contribution in [0, 0.1) is 0 Å². The fourth-order valence-corrected chi connectivity index (χ4v) is 1.53. The van der Waals surface area contributed by atoms with Gasteiger partial charge in [-0.05, 0) is 17.7 Å². The Kier molecular flexibility index (Phi) is 3.66. The molecule has 1 atom stereocenters. The first-order valence-corrected chi connectivity index (χ1v) is 5.42. The molecule has 21 heavy (non-hydrogen) atoms. The highest BCUT2D eigenvalue weighted by molar-refractivity contribution is 5.30. The van der Waals surface area contributed by atoms with Crippen molar-refractivity contribution in [2.24, 2.45) is 5.73 Å². The maximum absolute atomic E-state index is 12.6. The molecule has 0 saturated carbocycles. The summed E-state index contributed by atoms with van der Waals surface area (Å²) in [4.78, 5) is 3.04. The van der Waals surface area contributed by atoms with Crippen LogP contribution in [-0.4, -0.2) is 10.1 Å². The van der Waals surface area contributed by atoms with E-state index < -0.39 is 35.7 Å². The number of aromatic nitrogens is 2. The van der Waals surface area contributed by atoms with Crippen molar-refractivity contribution in [3.63, 3.8) is 0 Å². The van der Waals surface area contributed by atoms with E-state index in [9.17, 15) is 26.3 Å². The van der Waals surface area contributed by atoms with E-state index in [1.165, 1.54) is 6.07 Å². The minimum atomic E-state index is -4.85. The first-order valence-electron chi connectivity index (χ1n) is 5.42. The predicted octanol–water partition coefficient (Wildman–Crippen LogP) is 3.16. The number of hydrogen-bond donors (Lipinski definition) is 1. The Morgan fingerprint density at radius 1 is 1.05 bits per heavy atom. The molecule has 0 spiro atoms. The molecular weight excluding hydrogens is 304 g/mol. The van der Waals surface area contributed by atoms with Gasteiger partial charge in [-0.3, -0.25) is 0 Å². The Labute approximate surface area is 113 Å². The van der Waals surface area contributed by atoms with E-state index in [1.54, 1.807) is 0 Å². The van der Waals surface area contributed by atoms with Crippen LogP contribution in [0.4, 0.5) is 26.3 Å². The fraction of sp³-hybridized carbons (Fsp3) is 0.273. The van der Waals surface area contributed by atoms with Gasteiger partial charge in [0.25, 0.3) is 0 Å². The van der Waals surface area contributed by atoms with E-state index in [0.29, 0.717) is 6.07 Å². The average Bonchev–Trinajstić information content (AvgIpc) is 2.86. The zero-order valence-corrected chi connectivity index (χ0v) is 10.0. The van der Waals surface area contributed by atoms with E-state index in [-0.39, 0.29) is 5.56 Å². The van der Waals surface area contributed by atoms with Gasteiger partial charge in [-0.2, -0.15) is 31.3 Å². The summed E-state index contributed by atoms with van der Waals surface area (Å²) in [6.07, 6.45) is -9.44. The molecule has 1 heterocycles. The lowest BCUT2D eigenvalue weighted by Crippen LogP contribution is -2.16. The number of nitrogens with two attached hydrogens (primary N) is 1. The molecule has 2 rings (SSSR count). The fourth-order valence-electron chi connectivity index (χ4n) is 1.53. The van der Waals surface area contributed by atoms with Crippen molar-refractivity contribution in [3.05, 3.63) is 47.1 Å². The van der Waals surface area contributed by atoms with Crippen LogP contribution in [0.3, 0.4) is 0 Å². The Morgan fingerprint density at radius 3 is 2.24 bits per heavy atom. The molecule has 0 radical (unpaired) electrons. The average molecular weight is 311 g/mol. The molecule has 1 unspecified atom stereocenters. The van der Waals surface area contributed by atoms with E-state index in [2.05, 4.69) is 14.7 Å². The van der Waals surface area contributed by atoms with E-state index in [4.69, 9.17) is 5.73 Å². The van der Waals surface area contributed by atoms with Gasteiger partial charge in [-0.1, -0.05) is 17.3 Å². The third kappa shape index (κ3) is 3.32. The second-order valence-electron chi connectivity index (χ2n) is 4.06. The van der Waals surface area contributed by atoms with Crippen LogP contribution in [0.15, 0.2) is 28.8 Å². The summed E-state index contributed by atoms with van der Waals surface area (Å²) < 4.78 is 78.6. The number of halogens is 6. The van der Waals surface area contributed by atoms with Crippen molar-refractivity contribution in [2.45, 2.75) is 18.4 Å². The molecule has 0 fully saturated rings. The number of benzene rings is 1. The van der Waals surface area contributed by atoms with Crippen molar-refractivity contribution >= 4 is 0 Å². The molecule has 0 aliphatic heterocycles. The minimum absolute atomic E-state index is 0.0839. The lowest BCUT2D eigenvalue weighted by atomic mass is 10.0. The molecule has 4 nitrogen and oxygen atoms in total. The molecule has 0 amide bonds. The van der Waals surface area contributed by atoms with Gasteiger partial charge in [-0.25, -0.2) is 0 Å². The van der Waals surface area contributed by atoms with Gasteiger partial charge in [0.05, 0.1) is 11.6 Å². The predicted molar refractivity (Wildman–Crippen MR) is 56.8 cm³/mol. The summed E-state index contributed by atoms with van der Waals surface area (Å²) in [6.45, 7) is 0. The highest BCUT2D eigenvalue weighted by Crippen LogP contribution is 2.32. The molecule has 0 bridgehead atoms. The quantitative estimate of drug-likeness (QED) is 0.865. The SMILES string of the molecule is NC(c1cccc(C(F)(F)F)c1)c1noc(C(F)(F)F)n1. The Hall–Kier alpha value is -2.10. The van der Waals surface area contributed by atoms with Gasteiger partial charge in [0.15, 0.2) is 5.82 Å².